The normalized spacial score (nSPS) is 12.0. The Morgan fingerprint density at radius 3 is 2.43 bits per heavy atom. The first kappa shape index (κ1) is 15.1. The summed E-state index contributed by atoms with van der Waals surface area (Å²) in [6, 6.07) is 10.9. The molecular formula is C18H21NO2. The Balaban J connectivity index is 2.39. The van der Waals surface area contributed by atoms with Gasteiger partial charge >= 0.3 is 0 Å². The van der Waals surface area contributed by atoms with Gasteiger partial charge in [-0.05, 0) is 41.7 Å². The number of aryl methyl sites for hydroxylation is 1. The highest BCUT2D eigenvalue weighted by atomic mass is 16.3. The predicted octanol–water partition coefficient (Wildman–Crippen LogP) is 4.45. The van der Waals surface area contributed by atoms with Crippen LogP contribution in [0.4, 0.5) is 5.69 Å². The average molecular weight is 283 g/mol. The van der Waals surface area contributed by atoms with Crippen molar-refractivity contribution in [2.75, 3.05) is 0 Å². The third-order valence-electron chi connectivity index (χ3n) is 3.45. The van der Waals surface area contributed by atoms with Gasteiger partial charge in [-0.25, -0.2) is 0 Å². The molecule has 0 radical (unpaired) electrons. The Bertz CT molecular complexity index is 682. The molecule has 0 aliphatic heterocycles. The van der Waals surface area contributed by atoms with E-state index in [-0.39, 0.29) is 16.9 Å². The minimum absolute atomic E-state index is 0.0105. The minimum atomic E-state index is -0.0105. The van der Waals surface area contributed by atoms with E-state index in [9.17, 15) is 10.2 Å². The highest BCUT2D eigenvalue weighted by Gasteiger charge is 2.15. The minimum Gasteiger partial charge on any atom is -0.507 e. The number of benzene rings is 2. The van der Waals surface area contributed by atoms with Gasteiger partial charge in [0.15, 0.2) is 0 Å². The Morgan fingerprint density at radius 2 is 1.76 bits per heavy atom. The van der Waals surface area contributed by atoms with Crippen LogP contribution in [-0.2, 0) is 5.41 Å². The summed E-state index contributed by atoms with van der Waals surface area (Å²) in [5.41, 5.74) is 3.02. The summed E-state index contributed by atoms with van der Waals surface area (Å²) in [6.07, 6.45) is 1.57. The topological polar surface area (TPSA) is 52.8 Å². The van der Waals surface area contributed by atoms with Crippen LogP contribution in [0.25, 0.3) is 0 Å². The van der Waals surface area contributed by atoms with Gasteiger partial charge in [-0.15, -0.1) is 0 Å². The maximum absolute atomic E-state index is 9.97. The number of nitrogens with zero attached hydrogens (tertiary/aromatic N) is 1. The zero-order valence-corrected chi connectivity index (χ0v) is 12.9. The fourth-order valence-electron chi connectivity index (χ4n) is 2.02. The fraction of sp³-hybridized carbons (Fsp3) is 0.278. The van der Waals surface area contributed by atoms with Crippen LogP contribution in [-0.4, -0.2) is 16.4 Å². The maximum atomic E-state index is 9.97. The van der Waals surface area contributed by atoms with E-state index in [2.05, 4.69) is 25.8 Å². The molecule has 0 aromatic heterocycles. The van der Waals surface area contributed by atoms with Gasteiger partial charge in [-0.2, -0.15) is 0 Å². The van der Waals surface area contributed by atoms with Crippen molar-refractivity contribution in [1.29, 1.82) is 0 Å². The van der Waals surface area contributed by atoms with Crippen molar-refractivity contribution in [1.82, 2.24) is 0 Å². The fourth-order valence-corrected chi connectivity index (χ4v) is 2.02. The number of hydrogen-bond donors (Lipinski definition) is 2. The molecule has 0 amide bonds. The predicted molar refractivity (Wildman–Crippen MR) is 86.9 cm³/mol. The molecule has 0 heterocycles. The summed E-state index contributed by atoms with van der Waals surface area (Å²) in [7, 11) is 0. The van der Waals surface area contributed by atoms with E-state index in [4.69, 9.17) is 0 Å². The highest BCUT2D eigenvalue weighted by Crippen LogP contribution is 2.32. The summed E-state index contributed by atoms with van der Waals surface area (Å²) < 4.78 is 0. The number of aliphatic imine (C=N–C) groups is 1. The number of phenolic OH excluding ortho intramolecular Hbond substituents is 2. The molecule has 2 aromatic carbocycles. The Labute approximate surface area is 125 Å². The summed E-state index contributed by atoms with van der Waals surface area (Å²) in [5, 5.41) is 19.9. The molecule has 2 N–H and O–H groups in total. The number of para-hydroxylation sites is 1. The first-order chi connectivity index (χ1) is 9.79. The van der Waals surface area contributed by atoms with Crippen LogP contribution in [0.2, 0.25) is 0 Å². The second kappa shape index (κ2) is 5.60. The van der Waals surface area contributed by atoms with Gasteiger partial charge in [0.1, 0.15) is 17.2 Å². The number of rotatable bonds is 2. The molecule has 0 bridgehead atoms. The van der Waals surface area contributed by atoms with Gasteiger partial charge in [0.05, 0.1) is 0 Å². The van der Waals surface area contributed by atoms with Crippen molar-refractivity contribution < 1.29 is 10.2 Å². The van der Waals surface area contributed by atoms with Crippen LogP contribution >= 0.6 is 0 Å². The van der Waals surface area contributed by atoms with Crippen molar-refractivity contribution in [3.63, 3.8) is 0 Å². The molecule has 0 aliphatic rings. The standard InChI is InChI=1S/C18H21NO2/c1-12-6-5-7-13(17(12)21)11-19-15-10-14(18(2,3)4)8-9-16(15)20/h5-11,20-21H,1-4H3. The Morgan fingerprint density at radius 1 is 1.05 bits per heavy atom. The van der Waals surface area contributed by atoms with Crippen molar-refractivity contribution in [2.45, 2.75) is 33.1 Å². The highest BCUT2D eigenvalue weighted by molar-refractivity contribution is 5.86. The van der Waals surface area contributed by atoms with Gasteiger partial charge in [0.2, 0.25) is 0 Å². The Kier molecular flexibility index (Phi) is 4.03. The van der Waals surface area contributed by atoms with E-state index in [1.807, 2.05) is 31.2 Å². The second-order valence-electron chi connectivity index (χ2n) is 6.22. The van der Waals surface area contributed by atoms with Crippen molar-refractivity contribution in [2.24, 2.45) is 4.99 Å². The molecule has 110 valence electrons. The molecular weight excluding hydrogens is 262 g/mol. The van der Waals surface area contributed by atoms with E-state index < -0.39 is 0 Å². The first-order valence-corrected chi connectivity index (χ1v) is 6.95. The molecule has 0 saturated heterocycles. The van der Waals surface area contributed by atoms with Crippen LogP contribution in [0.5, 0.6) is 11.5 Å². The smallest absolute Gasteiger partial charge is 0.141 e. The third-order valence-corrected chi connectivity index (χ3v) is 3.45. The zero-order valence-electron chi connectivity index (χ0n) is 12.9. The number of phenols is 2. The van der Waals surface area contributed by atoms with E-state index >= 15 is 0 Å². The second-order valence-corrected chi connectivity index (χ2v) is 6.22. The van der Waals surface area contributed by atoms with Gasteiger partial charge in [0.25, 0.3) is 0 Å². The first-order valence-electron chi connectivity index (χ1n) is 6.95. The van der Waals surface area contributed by atoms with Crippen LogP contribution < -0.4 is 0 Å². The van der Waals surface area contributed by atoms with Crippen LogP contribution in [0, 0.1) is 6.92 Å². The summed E-state index contributed by atoms with van der Waals surface area (Å²) in [4.78, 5) is 4.32. The maximum Gasteiger partial charge on any atom is 0.141 e. The van der Waals surface area contributed by atoms with E-state index in [1.165, 1.54) is 0 Å². The quantitative estimate of drug-likeness (QED) is 0.800. The lowest BCUT2D eigenvalue weighted by atomic mass is 9.87. The number of aromatic hydroxyl groups is 2. The van der Waals surface area contributed by atoms with Crippen molar-refractivity contribution in [3.8, 4) is 11.5 Å². The molecule has 0 saturated carbocycles. The molecule has 21 heavy (non-hydrogen) atoms. The van der Waals surface area contributed by atoms with Gasteiger partial charge in [-0.3, -0.25) is 4.99 Å². The monoisotopic (exact) mass is 283 g/mol. The molecule has 0 unspecified atom stereocenters. The van der Waals surface area contributed by atoms with Crippen LogP contribution in [0.3, 0.4) is 0 Å². The zero-order chi connectivity index (χ0) is 15.6. The summed E-state index contributed by atoms with van der Waals surface area (Å²) in [5.74, 6) is 0.346. The number of hydrogen-bond acceptors (Lipinski definition) is 3. The lowest BCUT2D eigenvalue weighted by Gasteiger charge is -2.19. The lowest BCUT2D eigenvalue weighted by molar-refractivity contribution is 0.470. The third kappa shape index (κ3) is 3.43. The molecule has 2 rings (SSSR count). The molecule has 3 heteroatoms. The molecule has 0 aliphatic carbocycles. The van der Waals surface area contributed by atoms with Crippen LogP contribution in [0.15, 0.2) is 41.4 Å². The van der Waals surface area contributed by atoms with Gasteiger partial charge in [-0.1, -0.05) is 39.0 Å². The van der Waals surface area contributed by atoms with Crippen LogP contribution in [0.1, 0.15) is 37.5 Å². The molecule has 0 atom stereocenters. The molecule has 0 spiro atoms. The Hall–Kier alpha value is -2.29. The van der Waals surface area contributed by atoms with Crippen molar-refractivity contribution in [3.05, 3.63) is 53.1 Å². The van der Waals surface area contributed by atoms with E-state index in [0.717, 1.165) is 11.1 Å². The van der Waals surface area contributed by atoms with Crippen molar-refractivity contribution >= 4 is 11.9 Å². The van der Waals surface area contributed by atoms with Gasteiger partial charge in [0, 0.05) is 11.8 Å². The molecule has 0 fully saturated rings. The largest absolute Gasteiger partial charge is 0.507 e. The SMILES string of the molecule is Cc1cccc(C=Nc2cc(C(C)(C)C)ccc2O)c1O. The molecule has 2 aromatic rings. The average Bonchev–Trinajstić information content (AvgIpc) is 2.40. The summed E-state index contributed by atoms with van der Waals surface area (Å²) in [6.45, 7) is 8.17. The summed E-state index contributed by atoms with van der Waals surface area (Å²) >= 11 is 0. The van der Waals surface area contributed by atoms with Gasteiger partial charge < -0.3 is 10.2 Å². The lowest BCUT2D eigenvalue weighted by Crippen LogP contribution is -2.10. The molecule has 3 nitrogen and oxygen atoms in total. The van der Waals surface area contributed by atoms with E-state index in [0.29, 0.717) is 11.3 Å². The van der Waals surface area contributed by atoms with E-state index in [1.54, 1.807) is 18.3 Å².